The van der Waals surface area contributed by atoms with Crippen LogP contribution < -0.4 is 10.1 Å². The second-order valence-electron chi connectivity index (χ2n) is 4.18. The van der Waals surface area contributed by atoms with Crippen LogP contribution in [0.15, 0.2) is 24.3 Å². The van der Waals surface area contributed by atoms with Crippen LogP contribution in [0.2, 0.25) is 0 Å². The van der Waals surface area contributed by atoms with Crippen LogP contribution in [0.25, 0.3) is 0 Å². The first kappa shape index (κ1) is 14.8. The average molecular weight is 270 g/mol. The molecule has 4 heteroatoms. The maximum Gasteiger partial charge on any atom is 0.220 e. The number of halogens is 1. The number of carbonyl (C=O) groups excluding carboxylic acids is 1. The van der Waals surface area contributed by atoms with E-state index in [2.05, 4.69) is 5.32 Å². The van der Waals surface area contributed by atoms with Crippen molar-refractivity contribution in [1.29, 1.82) is 0 Å². The number of para-hydroxylation sites is 1. The number of ether oxygens (including phenoxy) is 1. The van der Waals surface area contributed by atoms with Crippen molar-refractivity contribution in [3.05, 3.63) is 29.8 Å². The fourth-order valence-corrected chi connectivity index (χ4v) is 1.98. The first-order valence-electron chi connectivity index (χ1n) is 6.17. The van der Waals surface area contributed by atoms with Crippen molar-refractivity contribution in [3.63, 3.8) is 0 Å². The molecule has 100 valence electrons. The highest BCUT2D eigenvalue weighted by Crippen LogP contribution is 2.24. The third kappa shape index (κ3) is 4.57. The third-order valence-corrected chi connectivity index (χ3v) is 3.04. The summed E-state index contributed by atoms with van der Waals surface area (Å²) in [7, 11) is 1.63. The highest BCUT2D eigenvalue weighted by molar-refractivity contribution is 6.17. The van der Waals surface area contributed by atoms with Crippen LogP contribution in [0.1, 0.15) is 37.8 Å². The van der Waals surface area contributed by atoms with E-state index in [0.29, 0.717) is 12.3 Å². The molecule has 0 unspecified atom stereocenters. The Balaban J connectivity index is 2.53. The molecule has 0 heterocycles. The lowest BCUT2D eigenvalue weighted by Crippen LogP contribution is -2.26. The molecule has 0 saturated carbocycles. The molecule has 0 aliphatic heterocycles. The van der Waals surface area contributed by atoms with E-state index in [1.807, 2.05) is 31.2 Å². The van der Waals surface area contributed by atoms with Crippen LogP contribution in [0, 0.1) is 0 Å². The minimum absolute atomic E-state index is 0.0512. The predicted molar refractivity (Wildman–Crippen MR) is 74.1 cm³/mol. The van der Waals surface area contributed by atoms with Gasteiger partial charge in [0.1, 0.15) is 5.75 Å². The monoisotopic (exact) mass is 269 g/mol. The normalized spacial score (nSPS) is 11.9. The number of alkyl halides is 1. The molecule has 0 aliphatic rings. The molecule has 0 aromatic heterocycles. The zero-order valence-electron chi connectivity index (χ0n) is 10.9. The topological polar surface area (TPSA) is 38.3 Å². The zero-order valence-corrected chi connectivity index (χ0v) is 11.7. The summed E-state index contributed by atoms with van der Waals surface area (Å²) >= 11 is 5.58. The van der Waals surface area contributed by atoms with Crippen molar-refractivity contribution >= 4 is 17.5 Å². The van der Waals surface area contributed by atoms with E-state index in [1.54, 1.807) is 7.11 Å². The maximum atomic E-state index is 11.7. The van der Waals surface area contributed by atoms with Gasteiger partial charge in [-0.25, -0.2) is 0 Å². The lowest BCUT2D eigenvalue weighted by atomic mass is 10.1. The van der Waals surface area contributed by atoms with Gasteiger partial charge in [-0.2, -0.15) is 0 Å². The van der Waals surface area contributed by atoms with Crippen molar-refractivity contribution in [1.82, 2.24) is 5.32 Å². The molecule has 1 amide bonds. The second-order valence-corrected chi connectivity index (χ2v) is 4.56. The maximum absolute atomic E-state index is 11.7. The molecule has 18 heavy (non-hydrogen) atoms. The number of unbranched alkanes of at least 4 members (excludes halogenated alkanes) is 1. The SMILES string of the molecule is COc1ccccc1[C@@H](C)NC(=O)CCCCCl. The largest absolute Gasteiger partial charge is 0.496 e. The number of carbonyl (C=O) groups is 1. The minimum Gasteiger partial charge on any atom is -0.496 e. The Morgan fingerprint density at radius 1 is 1.39 bits per heavy atom. The molecule has 3 nitrogen and oxygen atoms in total. The molecule has 1 atom stereocenters. The molecule has 0 spiro atoms. The standard InChI is InChI=1S/C14H20ClNO2/c1-11(16-14(17)9-5-6-10-15)12-7-3-4-8-13(12)18-2/h3-4,7-8,11H,5-6,9-10H2,1-2H3,(H,16,17)/t11-/m1/s1. The number of amides is 1. The van der Waals surface area contributed by atoms with Crippen molar-refractivity contribution in [2.45, 2.75) is 32.2 Å². The number of benzene rings is 1. The Kier molecular flexibility index (Phi) is 6.58. The molecule has 0 saturated heterocycles. The van der Waals surface area contributed by atoms with E-state index in [0.717, 1.165) is 24.2 Å². The average Bonchev–Trinajstić information content (AvgIpc) is 2.39. The fraction of sp³-hybridized carbons (Fsp3) is 0.500. The third-order valence-electron chi connectivity index (χ3n) is 2.77. The number of methoxy groups -OCH3 is 1. The van der Waals surface area contributed by atoms with Gasteiger partial charge in [0.05, 0.1) is 13.2 Å². The van der Waals surface area contributed by atoms with Gasteiger partial charge in [0, 0.05) is 17.9 Å². The number of hydrogen-bond donors (Lipinski definition) is 1. The van der Waals surface area contributed by atoms with E-state index in [1.165, 1.54) is 0 Å². The molecule has 1 rings (SSSR count). The van der Waals surface area contributed by atoms with Crippen LogP contribution in [0.4, 0.5) is 0 Å². The summed E-state index contributed by atoms with van der Waals surface area (Å²) in [5.41, 5.74) is 0.991. The first-order chi connectivity index (χ1) is 8.69. The van der Waals surface area contributed by atoms with E-state index in [4.69, 9.17) is 16.3 Å². The number of rotatable bonds is 7. The Bertz CT molecular complexity index is 382. The van der Waals surface area contributed by atoms with E-state index < -0.39 is 0 Å². The van der Waals surface area contributed by atoms with E-state index in [9.17, 15) is 4.79 Å². The Labute approximate surface area is 113 Å². The van der Waals surface area contributed by atoms with Crippen molar-refractivity contribution < 1.29 is 9.53 Å². The molecular formula is C14H20ClNO2. The van der Waals surface area contributed by atoms with Gasteiger partial charge in [0.25, 0.3) is 0 Å². The Morgan fingerprint density at radius 2 is 2.11 bits per heavy atom. The lowest BCUT2D eigenvalue weighted by molar-refractivity contribution is -0.121. The lowest BCUT2D eigenvalue weighted by Gasteiger charge is -2.17. The van der Waals surface area contributed by atoms with E-state index >= 15 is 0 Å². The van der Waals surface area contributed by atoms with Crippen LogP contribution in [0.3, 0.4) is 0 Å². The van der Waals surface area contributed by atoms with Gasteiger partial charge >= 0.3 is 0 Å². The van der Waals surface area contributed by atoms with Gasteiger partial charge in [-0.1, -0.05) is 18.2 Å². The zero-order chi connectivity index (χ0) is 13.4. The van der Waals surface area contributed by atoms with Gasteiger partial charge < -0.3 is 10.1 Å². The Morgan fingerprint density at radius 3 is 2.78 bits per heavy atom. The van der Waals surface area contributed by atoms with Gasteiger partial charge in [-0.05, 0) is 25.8 Å². The predicted octanol–water partition coefficient (Wildman–Crippen LogP) is 3.28. The molecular weight excluding hydrogens is 250 g/mol. The summed E-state index contributed by atoms with van der Waals surface area (Å²) in [4.78, 5) is 11.7. The summed E-state index contributed by atoms with van der Waals surface area (Å²) in [5.74, 6) is 1.46. The smallest absolute Gasteiger partial charge is 0.220 e. The second kappa shape index (κ2) is 7.98. The fourth-order valence-electron chi connectivity index (χ4n) is 1.80. The van der Waals surface area contributed by atoms with Gasteiger partial charge in [-0.3, -0.25) is 4.79 Å². The summed E-state index contributed by atoms with van der Waals surface area (Å²) in [6, 6.07) is 7.66. The van der Waals surface area contributed by atoms with Crippen molar-refractivity contribution in [2.24, 2.45) is 0 Å². The van der Waals surface area contributed by atoms with Gasteiger partial charge in [-0.15, -0.1) is 11.6 Å². The number of hydrogen-bond acceptors (Lipinski definition) is 2. The summed E-state index contributed by atoms with van der Waals surface area (Å²) in [5, 5.41) is 2.97. The molecule has 0 fully saturated rings. The molecule has 0 radical (unpaired) electrons. The van der Waals surface area contributed by atoms with E-state index in [-0.39, 0.29) is 11.9 Å². The summed E-state index contributed by atoms with van der Waals surface area (Å²) in [6.07, 6.45) is 2.22. The Hall–Kier alpha value is -1.22. The highest BCUT2D eigenvalue weighted by atomic mass is 35.5. The van der Waals surface area contributed by atoms with Crippen LogP contribution in [-0.4, -0.2) is 18.9 Å². The van der Waals surface area contributed by atoms with Crippen LogP contribution in [-0.2, 0) is 4.79 Å². The molecule has 1 N–H and O–H groups in total. The number of nitrogens with one attached hydrogen (secondary N) is 1. The highest BCUT2D eigenvalue weighted by Gasteiger charge is 2.12. The van der Waals surface area contributed by atoms with Gasteiger partial charge in [0.15, 0.2) is 0 Å². The van der Waals surface area contributed by atoms with Crippen molar-refractivity contribution in [3.8, 4) is 5.75 Å². The van der Waals surface area contributed by atoms with Crippen LogP contribution >= 0.6 is 11.6 Å². The molecule has 0 aliphatic carbocycles. The molecule has 0 bridgehead atoms. The molecule has 1 aromatic rings. The quantitative estimate of drug-likeness (QED) is 0.609. The minimum atomic E-state index is -0.0512. The summed E-state index contributed by atoms with van der Waals surface area (Å²) < 4.78 is 5.28. The van der Waals surface area contributed by atoms with Gasteiger partial charge in [0.2, 0.25) is 5.91 Å². The first-order valence-corrected chi connectivity index (χ1v) is 6.70. The molecule has 1 aromatic carbocycles. The van der Waals surface area contributed by atoms with Crippen molar-refractivity contribution in [2.75, 3.05) is 13.0 Å². The summed E-state index contributed by atoms with van der Waals surface area (Å²) in [6.45, 7) is 1.96. The van der Waals surface area contributed by atoms with Crippen LogP contribution in [0.5, 0.6) is 5.75 Å².